The molecule has 1 aromatic rings. The fraction of sp³-hybridized carbons (Fsp3) is 0.600. The summed E-state index contributed by atoms with van der Waals surface area (Å²) in [5, 5.41) is 13.3. The van der Waals surface area contributed by atoms with Gasteiger partial charge in [-0.3, -0.25) is 0 Å². The van der Waals surface area contributed by atoms with E-state index in [2.05, 4.69) is 12.2 Å². The molecule has 0 aliphatic heterocycles. The van der Waals surface area contributed by atoms with Gasteiger partial charge in [-0.25, -0.2) is 0 Å². The molecule has 0 amide bonds. The molecule has 0 spiro atoms. The predicted octanol–water partition coefficient (Wildman–Crippen LogP) is 1.96. The van der Waals surface area contributed by atoms with Crippen LogP contribution >= 0.6 is 0 Å². The number of hydrogen-bond donors (Lipinski definition) is 2. The van der Waals surface area contributed by atoms with Crippen molar-refractivity contribution in [2.45, 2.75) is 32.5 Å². The fourth-order valence-electron chi connectivity index (χ4n) is 1.70. The van der Waals surface area contributed by atoms with Crippen LogP contribution in [0.3, 0.4) is 0 Å². The molecule has 4 heteroatoms. The lowest BCUT2D eigenvalue weighted by Crippen LogP contribution is -2.42. The van der Waals surface area contributed by atoms with Gasteiger partial charge in [0.05, 0.1) is 25.9 Å². The van der Waals surface area contributed by atoms with E-state index >= 15 is 0 Å². The second-order valence-electron chi connectivity index (χ2n) is 5.01. The molecule has 0 heterocycles. The third-order valence-corrected chi connectivity index (χ3v) is 2.77. The van der Waals surface area contributed by atoms with Crippen molar-refractivity contribution in [3.05, 3.63) is 29.8 Å². The van der Waals surface area contributed by atoms with Crippen molar-refractivity contribution in [2.75, 3.05) is 26.8 Å². The topological polar surface area (TPSA) is 50.7 Å². The van der Waals surface area contributed by atoms with Crippen LogP contribution in [-0.4, -0.2) is 37.5 Å². The number of methoxy groups -OCH3 is 1. The minimum absolute atomic E-state index is 0.315. The molecular formula is C15H25NO3. The summed E-state index contributed by atoms with van der Waals surface area (Å²) in [6.45, 7) is 6.15. The van der Waals surface area contributed by atoms with E-state index in [-0.39, 0.29) is 0 Å². The van der Waals surface area contributed by atoms with Crippen molar-refractivity contribution in [2.24, 2.45) is 0 Å². The minimum atomic E-state index is -0.832. The maximum atomic E-state index is 10.1. The van der Waals surface area contributed by atoms with E-state index in [1.165, 1.54) is 0 Å². The van der Waals surface area contributed by atoms with Crippen LogP contribution in [0.25, 0.3) is 0 Å². The van der Waals surface area contributed by atoms with E-state index in [1.54, 1.807) is 14.0 Å². The maximum Gasteiger partial charge on any atom is 0.118 e. The van der Waals surface area contributed by atoms with Gasteiger partial charge in [0.2, 0.25) is 0 Å². The summed E-state index contributed by atoms with van der Waals surface area (Å²) < 4.78 is 10.7. The van der Waals surface area contributed by atoms with E-state index in [0.717, 1.165) is 24.3 Å². The summed E-state index contributed by atoms with van der Waals surface area (Å²) in [5.74, 6) is 0.833. The Morgan fingerprint density at radius 2 is 1.95 bits per heavy atom. The van der Waals surface area contributed by atoms with Gasteiger partial charge in [-0.05, 0) is 37.6 Å². The molecule has 108 valence electrons. The lowest BCUT2D eigenvalue weighted by molar-refractivity contribution is -0.0378. The average Bonchev–Trinajstić information content (AvgIpc) is 2.39. The van der Waals surface area contributed by atoms with Gasteiger partial charge in [0.15, 0.2) is 0 Å². The molecule has 0 saturated heterocycles. The molecule has 0 aliphatic rings. The highest BCUT2D eigenvalue weighted by Crippen LogP contribution is 2.12. The highest BCUT2D eigenvalue weighted by Gasteiger charge is 2.19. The van der Waals surface area contributed by atoms with Crippen molar-refractivity contribution in [1.82, 2.24) is 5.32 Å². The first-order valence-electron chi connectivity index (χ1n) is 6.71. The molecule has 1 unspecified atom stereocenters. The van der Waals surface area contributed by atoms with Crippen molar-refractivity contribution >= 4 is 0 Å². The summed E-state index contributed by atoms with van der Waals surface area (Å²) in [6.07, 6.45) is 1.06. The van der Waals surface area contributed by atoms with E-state index in [1.807, 2.05) is 24.3 Å². The van der Waals surface area contributed by atoms with E-state index in [9.17, 15) is 5.11 Å². The Bertz CT molecular complexity index is 349. The molecular weight excluding hydrogens is 242 g/mol. The fourth-order valence-corrected chi connectivity index (χ4v) is 1.70. The Morgan fingerprint density at radius 1 is 1.26 bits per heavy atom. The third kappa shape index (κ3) is 6.57. The second kappa shape index (κ2) is 8.15. The van der Waals surface area contributed by atoms with Crippen LogP contribution in [0, 0.1) is 0 Å². The molecule has 1 atom stereocenters. The molecule has 0 bridgehead atoms. The highest BCUT2D eigenvalue weighted by atomic mass is 16.5. The highest BCUT2D eigenvalue weighted by molar-refractivity contribution is 5.26. The largest absolute Gasteiger partial charge is 0.497 e. The number of rotatable bonds is 9. The predicted molar refractivity (Wildman–Crippen MR) is 76.4 cm³/mol. The average molecular weight is 267 g/mol. The zero-order valence-electron chi connectivity index (χ0n) is 12.1. The van der Waals surface area contributed by atoms with Crippen molar-refractivity contribution in [3.63, 3.8) is 0 Å². The quantitative estimate of drug-likeness (QED) is 0.672. The molecule has 0 aliphatic carbocycles. The van der Waals surface area contributed by atoms with Gasteiger partial charge < -0.3 is 19.9 Å². The Hall–Kier alpha value is -1.10. The van der Waals surface area contributed by atoms with Crippen LogP contribution in [0.15, 0.2) is 24.3 Å². The van der Waals surface area contributed by atoms with Gasteiger partial charge in [-0.2, -0.15) is 0 Å². The van der Waals surface area contributed by atoms with Crippen LogP contribution in [0.5, 0.6) is 5.75 Å². The Labute approximate surface area is 115 Å². The van der Waals surface area contributed by atoms with Crippen LogP contribution in [0.1, 0.15) is 25.8 Å². The van der Waals surface area contributed by atoms with E-state index in [0.29, 0.717) is 19.8 Å². The SMILES string of the molecule is CCCNCC(C)(O)COCc1ccc(OC)cc1. The van der Waals surface area contributed by atoms with Crippen LogP contribution < -0.4 is 10.1 Å². The van der Waals surface area contributed by atoms with Gasteiger partial charge in [0.1, 0.15) is 5.75 Å². The number of aliphatic hydroxyl groups is 1. The minimum Gasteiger partial charge on any atom is -0.497 e. The summed E-state index contributed by atoms with van der Waals surface area (Å²) in [4.78, 5) is 0. The normalized spacial score (nSPS) is 14.1. The summed E-state index contributed by atoms with van der Waals surface area (Å²) >= 11 is 0. The first kappa shape index (κ1) is 16.0. The third-order valence-electron chi connectivity index (χ3n) is 2.77. The van der Waals surface area contributed by atoms with Gasteiger partial charge in [-0.1, -0.05) is 19.1 Å². The zero-order chi connectivity index (χ0) is 14.1. The molecule has 0 aromatic heterocycles. The van der Waals surface area contributed by atoms with Crippen molar-refractivity contribution in [1.29, 1.82) is 0 Å². The van der Waals surface area contributed by atoms with Gasteiger partial charge in [0.25, 0.3) is 0 Å². The maximum absolute atomic E-state index is 10.1. The number of nitrogens with one attached hydrogen (secondary N) is 1. The molecule has 1 rings (SSSR count). The summed E-state index contributed by atoms with van der Waals surface area (Å²) in [7, 11) is 1.64. The van der Waals surface area contributed by atoms with Crippen molar-refractivity contribution in [3.8, 4) is 5.75 Å². The summed E-state index contributed by atoms with van der Waals surface area (Å²) in [5.41, 5.74) is 0.236. The van der Waals surface area contributed by atoms with Crippen LogP contribution in [0.2, 0.25) is 0 Å². The Kier molecular flexibility index (Phi) is 6.84. The van der Waals surface area contributed by atoms with Crippen LogP contribution in [0.4, 0.5) is 0 Å². The van der Waals surface area contributed by atoms with E-state index in [4.69, 9.17) is 9.47 Å². The summed E-state index contributed by atoms with van der Waals surface area (Å²) in [6, 6.07) is 7.73. The number of ether oxygens (including phenoxy) is 2. The van der Waals surface area contributed by atoms with Crippen LogP contribution in [-0.2, 0) is 11.3 Å². The lowest BCUT2D eigenvalue weighted by atomic mass is 10.1. The number of benzene rings is 1. The lowest BCUT2D eigenvalue weighted by Gasteiger charge is -2.23. The smallest absolute Gasteiger partial charge is 0.118 e. The molecule has 0 fully saturated rings. The Balaban J connectivity index is 2.27. The standard InChI is InChI=1S/C15H25NO3/c1-4-9-16-11-15(2,17)12-19-10-13-5-7-14(18-3)8-6-13/h5-8,16-17H,4,9-12H2,1-3H3. The molecule has 2 N–H and O–H groups in total. The molecule has 0 radical (unpaired) electrons. The monoisotopic (exact) mass is 267 g/mol. The van der Waals surface area contributed by atoms with Gasteiger partial charge >= 0.3 is 0 Å². The first-order valence-corrected chi connectivity index (χ1v) is 6.71. The van der Waals surface area contributed by atoms with Gasteiger partial charge in [0, 0.05) is 6.54 Å². The van der Waals surface area contributed by atoms with E-state index < -0.39 is 5.60 Å². The first-order chi connectivity index (χ1) is 9.07. The zero-order valence-corrected chi connectivity index (χ0v) is 12.1. The van der Waals surface area contributed by atoms with Crippen molar-refractivity contribution < 1.29 is 14.6 Å². The van der Waals surface area contributed by atoms with Gasteiger partial charge in [-0.15, -0.1) is 0 Å². The molecule has 0 saturated carbocycles. The second-order valence-corrected chi connectivity index (χ2v) is 5.01. The number of hydrogen-bond acceptors (Lipinski definition) is 4. The molecule has 4 nitrogen and oxygen atoms in total. The Morgan fingerprint density at radius 3 is 2.53 bits per heavy atom. The molecule has 1 aromatic carbocycles. The molecule has 19 heavy (non-hydrogen) atoms.